The predicted molar refractivity (Wildman–Crippen MR) is 93.4 cm³/mol. The maximum atomic E-state index is 10.3. The fraction of sp³-hybridized carbons (Fsp3) is 0.263. The van der Waals surface area contributed by atoms with Crippen LogP contribution < -0.4 is 5.32 Å². The van der Waals surface area contributed by atoms with Crippen LogP contribution >= 0.6 is 11.6 Å². The Bertz CT molecular complexity index is 681. The van der Waals surface area contributed by atoms with E-state index in [1.807, 2.05) is 37.3 Å². The lowest BCUT2D eigenvalue weighted by molar-refractivity contribution is 0.165. The van der Waals surface area contributed by atoms with Crippen molar-refractivity contribution in [2.24, 2.45) is 0 Å². The van der Waals surface area contributed by atoms with E-state index in [9.17, 15) is 5.11 Å². The zero-order valence-electron chi connectivity index (χ0n) is 12.6. The van der Waals surface area contributed by atoms with Crippen molar-refractivity contribution in [3.8, 4) is 0 Å². The molecule has 0 unspecified atom stereocenters. The van der Waals surface area contributed by atoms with Crippen molar-refractivity contribution in [2.75, 3.05) is 5.32 Å². The number of nitrogens with one attached hydrogen (secondary N) is 1. The lowest BCUT2D eigenvalue weighted by Crippen LogP contribution is -2.21. The molecule has 2 nitrogen and oxygen atoms in total. The summed E-state index contributed by atoms with van der Waals surface area (Å²) in [5, 5.41) is 14.6. The number of hydrogen-bond donors (Lipinski definition) is 2. The molecule has 0 fully saturated rings. The molecule has 0 radical (unpaired) electrons. The van der Waals surface area contributed by atoms with Gasteiger partial charge in [0.1, 0.15) is 0 Å². The van der Waals surface area contributed by atoms with Gasteiger partial charge in [-0.2, -0.15) is 0 Å². The topological polar surface area (TPSA) is 32.3 Å². The molecule has 2 aromatic rings. The van der Waals surface area contributed by atoms with Crippen molar-refractivity contribution in [1.29, 1.82) is 0 Å². The van der Waals surface area contributed by atoms with Gasteiger partial charge in [0.15, 0.2) is 0 Å². The molecule has 2 aromatic carbocycles. The molecule has 1 heterocycles. The maximum absolute atomic E-state index is 10.3. The van der Waals surface area contributed by atoms with Gasteiger partial charge in [-0.25, -0.2) is 0 Å². The minimum absolute atomic E-state index is 0.0913. The highest BCUT2D eigenvalue weighted by Crippen LogP contribution is 2.32. The summed E-state index contributed by atoms with van der Waals surface area (Å²) in [6.07, 6.45) is 5.22. The van der Waals surface area contributed by atoms with E-state index in [1.165, 1.54) is 0 Å². The molecule has 22 heavy (non-hydrogen) atoms. The first kappa shape index (κ1) is 15.1. The molecule has 1 aliphatic heterocycles. The van der Waals surface area contributed by atoms with Gasteiger partial charge in [0.25, 0.3) is 0 Å². The molecule has 0 amide bonds. The van der Waals surface area contributed by atoms with Crippen molar-refractivity contribution in [3.63, 3.8) is 0 Å². The van der Waals surface area contributed by atoms with Crippen LogP contribution in [0.3, 0.4) is 0 Å². The van der Waals surface area contributed by atoms with Crippen LogP contribution in [0.15, 0.2) is 48.5 Å². The van der Waals surface area contributed by atoms with Crippen LogP contribution in [-0.2, 0) is 6.42 Å². The van der Waals surface area contributed by atoms with Gasteiger partial charge in [-0.1, -0.05) is 60.2 Å². The number of benzene rings is 2. The van der Waals surface area contributed by atoms with Gasteiger partial charge >= 0.3 is 0 Å². The van der Waals surface area contributed by atoms with Crippen LogP contribution in [0.5, 0.6) is 0 Å². The fourth-order valence-electron chi connectivity index (χ4n) is 2.91. The largest absolute Gasteiger partial charge is 0.393 e. The molecule has 0 spiro atoms. The third kappa shape index (κ3) is 3.34. The van der Waals surface area contributed by atoms with E-state index in [-0.39, 0.29) is 12.1 Å². The highest BCUT2D eigenvalue weighted by atomic mass is 35.5. The van der Waals surface area contributed by atoms with E-state index in [1.54, 1.807) is 0 Å². The number of halogens is 1. The number of aliphatic hydroxyl groups excluding tert-OH is 1. The molecule has 3 heteroatoms. The summed E-state index contributed by atoms with van der Waals surface area (Å²) >= 11 is 6.24. The average Bonchev–Trinajstić information content (AvgIpc) is 2.69. The second-order valence-corrected chi connectivity index (χ2v) is 6.23. The quantitative estimate of drug-likeness (QED) is 0.858. The molecule has 2 atom stereocenters. The summed E-state index contributed by atoms with van der Waals surface area (Å²) in [6.45, 7) is 2.02. The lowest BCUT2D eigenvalue weighted by atomic mass is 10.0. The van der Waals surface area contributed by atoms with E-state index in [4.69, 9.17) is 11.6 Å². The van der Waals surface area contributed by atoms with Crippen molar-refractivity contribution >= 4 is 23.4 Å². The van der Waals surface area contributed by atoms with Crippen LogP contribution in [0.4, 0.5) is 5.69 Å². The molecule has 0 saturated carbocycles. The zero-order valence-corrected chi connectivity index (χ0v) is 13.3. The van der Waals surface area contributed by atoms with Gasteiger partial charge in [0.2, 0.25) is 0 Å². The number of anilines is 1. The number of rotatable bonds is 2. The van der Waals surface area contributed by atoms with Gasteiger partial charge in [-0.05, 0) is 36.1 Å². The summed E-state index contributed by atoms with van der Waals surface area (Å²) in [4.78, 5) is 0. The average molecular weight is 314 g/mol. The van der Waals surface area contributed by atoms with Gasteiger partial charge in [0, 0.05) is 23.2 Å². The van der Waals surface area contributed by atoms with Crippen molar-refractivity contribution in [2.45, 2.75) is 31.9 Å². The fourth-order valence-corrected chi connectivity index (χ4v) is 3.06. The first-order valence-corrected chi connectivity index (χ1v) is 7.97. The van der Waals surface area contributed by atoms with E-state index in [0.717, 1.165) is 27.4 Å². The Morgan fingerprint density at radius 1 is 1.18 bits per heavy atom. The Morgan fingerprint density at radius 2 is 1.95 bits per heavy atom. The van der Waals surface area contributed by atoms with Crippen LogP contribution in [-0.4, -0.2) is 17.3 Å². The molecule has 0 saturated heterocycles. The second-order valence-electron chi connectivity index (χ2n) is 5.82. The van der Waals surface area contributed by atoms with E-state index >= 15 is 0 Å². The number of aliphatic hydroxyl groups is 1. The summed E-state index contributed by atoms with van der Waals surface area (Å²) in [5.41, 5.74) is 4.40. The smallest absolute Gasteiger partial charge is 0.0604 e. The van der Waals surface area contributed by atoms with Gasteiger partial charge < -0.3 is 10.4 Å². The predicted octanol–water partition coefficient (Wildman–Crippen LogP) is 4.45. The third-order valence-corrected chi connectivity index (χ3v) is 4.53. The molecule has 2 N–H and O–H groups in total. The summed E-state index contributed by atoms with van der Waals surface area (Å²) in [5.74, 6) is 0. The van der Waals surface area contributed by atoms with Crippen molar-refractivity contribution in [3.05, 3.63) is 70.3 Å². The molecule has 0 aliphatic carbocycles. The minimum Gasteiger partial charge on any atom is -0.393 e. The van der Waals surface area contributed by atoms with Gasteiger partial charge in [0.05, 0.1) is 6.10 Å². The Hall–Kier alpha value is -1.77. The standard InChI is InChI=1S/C19H20ClNO/c1-13-18(20)10-8-15-11-17(22)12-16(21-19(13)15)9-7-14-5-3-2-4-6-14/h2-10,16-17,21-22H,11-12H2,1H3/b9-7+/t16-,17-/m1/s1. The maximum Gasteiger partial charge on any atom is 0.0604 e. The Balaban J connectivity index is 1.87. The Kier molecular flexibility index (Phi) is 4.51. The van der Waals surface area contributed by atoms with Crippen LogP contribution in [0.2, 0.25) is 5.02 Å². The van der Waals surface area contributed by atoms with Crippen LogP contribution in [0.25, 0.3) is 6.08 Å². The van der Waals surface area contributed by atoms with Crippen LogP contribution in [0.1, 0.15) is 23.1 Å². The Labute approximate surface area is 136 Å². The van der Waals surface area contributed by atoms with Crippen LogP contribution in [0, 0.1) is 6.92 Å². The molecular weight excluding hydrogens is 294 g/mol. The molecule has 0 aromatic heterocycles. The summed E-state index contributed by atoms with van der Waals surface area (Å²) < 4.78 is 0. The molecule has 1 aliphatic rings. The number of hydrogen-bond acceptors (Lipinski definition) is 2. The zero-order chi connectivity index (χ0) is 15.5. The highest BCUT2D eigenvalue weighted by molar-refractivity contribution is 6.31. The number of fused-ring (bicyclic) bond motifs is 1. The summed E-state index contributed by atoms with van der Waals surface area (Å²) in [7, 11) is 0. The molecule has 3 rings (SSSR count). The second kappa shape index (κ2) is 6.55. The highest BCUT2D eigenvalue weighted by Gasteiger charge is 2.21. The minimum atomic E-state index is -0.347. The van der Waals surface area contributed by atoms with Gasteiger partial charge in [-0.15, -0.1) is 0 Å². The van der Waals surface area contributed by atoms with Crippen molar-refractivity contribution in [1.82, 2.24) is 0 Å². The van der Waals surface area contributed by atoms with E-state index in [2.05, 4.69) is 29.6 Å². The normalized spacial score (nSPS) is 21.2. The first-order valence-electron chi connectivity index (χ1n) is 7.59. The monoisotopic (exact) mass is 313 g/mol. The third-order valence-electron chi connectivity index (χ3n) is 4.12. The van der Waals surface area contributed by atoms with E-state index in [0.29, 0.717) is 12.8 Å². The molecular formula is C19H20ClNO. The van der Waals surface area contributed by atoms with Crippen molar-refractivity contribution < 1.29 is 5.11 Å². The van der Waals surface area contributed by atoms with E-state index < -0.39 is 0 Å². The first-order chi connectivity index (χ1) is 10.6. The van der Waals surface area contributed by atoms with Gasteiger partial charge in [-0.3, -0.25) is 0 Å². The lowest BCUT2D eigenvalue weighted by Gasteiger charge is -2.17. The Morgan fingerprint density at radius 3 is 2.73 bits per heavy atom. The SMILES string of the molecule is Cc1c(Cl)ccc2c1N[C@H](/C=C/c1ccccc1)C[C@H](O)C2. The summed E-state index contributed by atoms with van der Waals surface area (Å²) in [6, 6.07) is 14.2. The molecule has 114 valence electrons. The molecule has 0 bridgehead atoms.